The minimum Gasteiger partial charge on any atom is -0.285 e. The van der Waals surface area contributed by atoms with Gasteiger partial charge in [0.05, 0.1) is 29.1 Å². The van der Waals surface area contributed by atoms with Gasteiger partial charge in [0.25, 0.3) is 0 Å². The molecule has 4 nitrogen and oxygen atoms in total. The Morgan fingerprint density at radius 3 is 2.12 bits per heavy atom. The normalized spacial score (nSPS) is 12.2. The van der Waals surface area contributed by atoms with E-state index in [2.05, 4.69) is 136 Å². The predicted molar refractivity (Wildman–Crippen MR) is 232 cm³/mol. The van der Waals surface area contributed by atoms with Crippen LogP contribution in [0.5, 0.6) is 0 Å². The van der Waals surface area contributed by atoms with E-state index >= 15 is 0 Å². The molecular formula is C51H36IrN4S-2. The summed E-state index contributed by atoms with van der Waals surface area (Å²) in [7, 11) is 0. The van der Waals surface area contributed by atoms with Crippen LogP contribution in [-0.4, -0.2) is 15.0 Å². The Morgan fingerprint density at radius 1 is 0.632 bits per heavy atom. The van der Waals surface area contributed by atoms with Gasteiger partial charge in [-0.2, -0.15) is 11.3 Å². The molecule has 0 bridgehead atoms. The smallest absolute Gasteiger partial charge is 0.187 e. The molecule has 0 spiro atoms. The Hall–Kier alpha value is -6.09. The van der Waals surface area contributed by atoms with Gasteiger partial charge in [0, 0.05) is 40.8 Å². The number of fused-ring (bicyclic) bond motifs is 5. The fraction of sp³-hybridized carbons (Fsp3) is 0.0980. The van der Waals surface area contributed by atoms with E-state index in [1.807, 2.05) is 54.6 Å². The molecule has 0 amide bonds. The average Bonchev–Trinajstić information content (AvgIpc) is 3.77. The van der Waals surface area contributed by atoms with Crippen molar-refractivity contribution in [3.8, 4) is 55.5 Å². The van der Waals surface area contributed by atoms with Crippen LogP contribution in [0.15, 0.2) is 146 Å². The van der Waals surface area contributed by atoms with E-state index in [-0.39, 0.29) is 25.5 Å². The van der Waals surface area contributed by atoms with Crippen LogP contribution in [0, 0.1) is 32.6 Å². The molecule has 57 heavy (non-hydrogen) atoms. The molecule has 0 saturated heterocycles. The van der Waals surface area contributed by atoms with Crippen molar-refractivity contribution in [1.82, 2.24) is 15.0 Å². The van der Waals surface area contributed by atoms with Gasteiger partial charge in [0.1, 0.15) is 0 Å². The first-order chi connectivity index (χ1) is 27.3. The Kier molecular flexibility index (Phi) is 10.2. The fourth-order valence-corrected chi connectivity index (χ4v) is 8.78. The zero-order valence-electron chi connectivity index (χ0n) is 31.9. The molecule has 7 aromatic carbocycles. The summed E-state index contributed by atoms with van der Waals surface area (Å²) in [4.78, 5) is 18.4. The first-order valence-electron chi connectivity index (χ1n) is 18.6. The molecule has 2 aromatic heterocycles. The topological polar surface area (TPSA) is 43.0 Å². The second-order valence-corrected chi connectivity index (χ2v) is 15.7. The Bertz CT molecular complexity index is 2940. The van der Waals surface area contributed by atoms with Crippen molar-refractivity contribution in [2.75, 3.05) is 0 Å². The van der Waals surface area contributed by atoms with E-state index in [9.17, 15) is 0 Å². The quantitative estimate of drug-likeness (QED) is 0.165. The van der Waals surface area contributed by atoms with Crippen LogP contribution in [0.25, 0.3) is 81.4 Å². The molecule has 1 aliphatic carbocycles. The number of rotatable bonds is 4. The maximum absolute atomic E-state index is 7.48. The van der Waals surface area contributed by atoms with Crippen molar-refractivity contribution >= 4 is 38.1 Å². The molecule has 277 valence electrons. The van der Waals surface area contributed by atoms with Gasteiger partial charge in [-0.25, -0.2) is 4.85 Å². The summed E-state index contributed by atoms with van der Waals surface area (Å²) in [6, 6.07) is 56.4. The van der Waals surface area contributed by atoms with Crippen molar-refractivity contribution in [3.05, 3.63) is 191 Å². The standard InChI is InChI=1S/C32H24N3.C19H12NS.Ir/c1-19-9-8-10-20(2)29(19)30-23-11-6-7-12-28(23)34-31(35-30)21-13-15-26-24(17-21)25-18-22(33-5)14-16-27(25)32(26,3)4;1-2-7-14(8-3-1)15-9-6-10-16(13-15)19-20-17-11-4-5-12-18(17)21-19;/h6-12,14-18H,1-4H3;1-9,11-13H;/q2*-1;. The van der Waals surface area contributed by atoms with E-state index in [0.29, 0.717) is 11.5 Å². The molecule has 0 fully saturated rings. The van der Waals surface area contributed by atoms with Crippen LogP contribution >= 0.6 is 11.3 Å². The molecule has 9 aromatic rings. The van der Waals surface area contributed by atoms with Crippen molar-refractivity contribution in [2.45, 2.75) is 33.1 Å². The number of hydrogen-bond donors (Lipinski definition) is 0. The molecule has 1 radical (unpaired) electrons. The number of nitrogens with zero attached hydrogens (tertiary/aromatic N) is 4. The second-order valence-electron chi connectivity index (χ2n) is 14.7. The molecule has 0 saturated carbocycles. The van der Waals surface area contributed by atoms with Crippen LogP contribution in [0.3, 0.4) is 0 Å². The predicted octanol–water partition coefficient (Wildman–Crippen LogP) is 13.7. The monoisotopic (exact) mass is 929 g/mol. The SMILES string of the molecule is [C-]#[N+]c1ccc2c(c1)-c1cc(-c3nc(-c4c(C)cccc4C)c4ccccc4n3)[c-]cc1C2(C)C.[Ir].[c-]1ccc(-c2ccccc2)cc1-c1nc2ccccc2s1. The summed E-state index contributed by atoms with van der Waals surface area (Å²) < 4.78 is 1.21. The maximum atomic E-state index is 7.48. The van der Waals surface area contributed by atoms with Crippen LogP contribution in [0.4, 0.5) is 5.69 Å². The van der Waals surface area contributed by atoms with Crippen LogP contribution in [0.1, 0.15) is 36.1 Å². The second kappa shape index (κ2) is 15.4. The molecule has 0 aliphatic heterocycles. The van der Waals surface area contributed by atoms with E-state index < -0.39 is 0 Å². The average molecular weight is 929 g/mol. The van der Waals surface area contributed by atoms with Gasteiger partial charge in [-0.1, -0.05) is 116 Å². The summed E-state index contributed by atoms with van der Waals surface area (Å²) in [6.45, 7) is 16.2. The summed E-state index contributed by atoms with van der Waals surface area (Å²) in [6.07, 6.45) is 0. The molecule has 1 aliphatic rings. The van der Waals surface area contributed by atoms with Gasteiger partial charge in [0.2, 0.25) is 0 Å². The number of aryl methyl sites for hydroxylation is 2. The van der Waals surface area contributed by atoms with Gasteiger partial charge in [-0.05, 0) is 65.3 Å². The van der Waals surface area contributed by atoms with Gasteiger partial charge in [0.15, 0.2) is 5.69 Å². The molecule has 0 unspecified atom stereocenters. The van der Waals surface area contributed by atoms with Crippen molar-refractivity contribution in [3.63, 3.8) is 0 Å². The molecule has 2 heterocycles. The molecule has 10 rings (SSSR count). The molecule has 6 heteroatoms. The molecular weight excluding hydrogens is 893 g/mol. The maximum Gasteiger partial charge on any atom is 0.187 e. The van der Waals surface area contributed by atoms with Crippen molar-refractivity contribution in [2.24, 2.45) is 0 Å². The third-order valence-corrected chi connectivity index (χ3v) is 11.8. The minimum atomic E-state index is -0.145. The largest absolute Gasteiger partial charge is 0.285 e. The number of para-hydroxylation sites is 2. The van der Waals surface area contributed by atoms with E-state index in [4.69, 9.17) is 21.5 Å². The first kappa shape index (κ1) is 37.8. The number of thiazole rings is 1. The summed E-state index contributed by atoms with van der Waals surface area (Å²) >= 11 is 1.71. The van der Waals surface area contributed by atoms with E-state index in [1.54, 1.807) is 11.3 Å². The Balaban J connectivity index is 0.000000177. The summed E-state index contributed by atoms with van der Waals surface area (Å²) in [5.74, 6) is 0.664. The van der Waals surface area contributed by atoms with Gasteiger partial charge in [-0.15, -0.1) is 64.7 Å². The third-order valence-electron chi connectivity index (χ3n) is 10.7. The van der Waals surface area contributed by atoms with Crippen LogP contribution < -0.4 is 0 Å². The Labute approximate surface area is 351 Å². The van der Waals surface area contributed by atoms with Gasteiger partial charge >= 0.3 is 0 Å². The van der Waals surface area contributed by atoms with Crippen molar-refractivity contribution < 1.29 is 20.1 Å². The molecule has 0 N–H and O–H groups in total. The van der Waals surface area contributed by atoms with Crippen LogP contribution in [0.2, 0.25) is 0 Å². The minimum absolute atomic E-state index is 0. The van der Waals surface area contributed by atoms with Gasteiger partial charge < -0.3 is 0 Å². The summed E-state index contributed by atoms with van der Waals surface area (Å²) in [5, 5.41) is 2.07. The zero-order chi connectivity index (χ0) is 38.4. The number of aromatic nitrogens is 3. The van der Waals surface area contributed by atoms with Gasteiger partial charge in [-0.3, -0.25) is 15.0 Å². The van der Waals surface area contributed by atoms with Crippen molar-refractivity contribution in [1.29, 1.82) is 0 Å². The number of hydrogen-bond acceptors (Lipinski definition) is 4. The van der Waals surface area contributed by atoms with Crippen LogP contribution in [-0.2, 0) is 25.5 Å². The molecule has 0 atom stereocenters. The third kappa shape index (κ3) is 7.00. The fourth-order valence-electron chi connectivity index (χ4n) is 7.84. The van der Waals surface area contributed by atoms with E-state index in [1.165, 1.54) is 38.1 Å². The number of benzene rings is 7. The summed E-state index contributed by atoms with van der Waals surface area (Å²) in [5.41, 5.74) is 16.0. The Morgan fingerprint density at radius 2 is 1.35 bits per heavy atom. The van der Waals surface area contributed by atoms with E-state index in [0.717, 1.165) is 54.9 Å². The zero-order valence-corrected chi connectivity index (χ0v) is 35.1. The first-order valence-corrected chi connectivity index (χ1v) is 19.5.